The zero-order chi connectivity index (χ0) is 17.4. The highest BCUT2D eigenvalue weighted by molar-refractivity contribution is 5.94. The highest BCUT2D eigenvalue weighted by Gasteiger charge is 2.11. The van der Waals surface area contributed by atoms with Gasteiger partial charge in [0.1, 0.15) is 5.75 Å². The van der Waals surface area contributed by atoms with Crippen molar-refractivity contribution >= 4 is 17.6 Å². The molecular formula is C19H21NO4. The maximum Gasteiger partial charge on any atom is 0.344 e. The third-order valence-corrected chi connectivity index (χ3v) is 3.47. The van der Waals surface area contributed by atoms with Crippen molar-refractivity contribution in [3.63, 3.8) is 0 Å². The van der Waals surface area contributed by atoms with Gasteiger partial charge in [-0.1, -0.05) is 43.3 Å². The van der Waals surface area contributed by atoms with Crippen molar-refractivity contribution in [3.8, 4) is 5.75 Å². The lowest BCUT2D eigenvalue weighted by Crippen LogP contribution is -2.24. The maximum absolute atomic E-state index is 12.0. The van der Waals surface area contributed by atoms with E-state index < -0.39 is 5.97 Å². The van der Waals surface area contributed by atoms with E-state index >= 15 is 0 Å². The van der Waals surface area contributed by atoms with Crippen LogP contribution in [0.4, 0.5) is 5.69 Å². The summed E-state index contributed by atoms with van der Waals surface area (Å²) < 4.78 is 10.2. The van der Waals surface area contributed by atoms with Gasteiger partial charge in [-0.05, 0) is 36.6 Å². The number of benzene rings is 2. The van der Waals surface area contributed by atoms with E-state index in [1.165, 1.54) is 0 Å². The van der Waals surface area contributed by atoms with Gasteiger partial charge in [0.25, 0.3) is 5.91 Å². The second-order valence-electron chi connectivity index (χ2n) is 5.27. The number of hydrogen-bond acceptors (Lipinski definition) is 4. The molecule has 0 aliphatic heterocycles. The lowest BCUT2D eigenvalue weighted by Gasteiger charge is -2.13. The zero-order valence-corrected chi connectivity index (χ0v) is 13.9. The van der Waals surface area contributed by atoms with Crippen LogP contribution < -0.4 is 10.1 Å². The third kappa shape index (κ3) is 5.12. The molecule has 126 valence electrons. The van der Waals surface area contributed by atoms with Crippen molar-refractivity contribution in [1.29, 1.82) is 0 Å². The van der Waals surface area contributed by atoms with E-state index in [0.29, 0.717) is 5.75 Å². The number of para-hydroxylation sites is 2. The van der Waals surface area contributed by atoms with E-state index in [2.05, 4.69) is 5.32 Å². The number of ether oxygens (including phenoxy) is 2. The first kappa shape index (κ1) is 17.5. The monoisotopic (exact) mass is 327 g/mol. The average molecular weight is 327 g/mol. The lowest BCUT2D eigenvalue weighted by atomic mass is 10.1. The number of esters is 1. The minimum absolute atomic E-state index is 0.234. The first-order valence-corrected chi connectivity index (χ1v) is 7.82. The Morgan fingerprint density at radius 2 is 1.75 bits per heavy atom. The van der Waals surface area contributed by atoms with Crippen LogP contribution in [0.3, 0.4) is 0 Å². The van der Waals surface area contributed by atoms with Crippen LogP contribution in [0.1, 0.15) is 18.1 Å². The number of carbonyl (C=O) groups excluding carboxylic acids is 2. The molecule has 0 aromatic heterocycles. The minimum atomic E-state index is -0.588. The zero-order valence-electron chi connectivity index (χ0n) is 13.9. The molecule has 2 rings (SSSR count). The Morgan fingerprint density at radius 1 is 1.00 bits per heavy atom. The Kier molecular flexibility index (Phi) is 6.37. The topological polar surface area (TPSA) is 64.6 Å². The van der Waals surface area contributed by atoms with Crippen LogP contribution >= 0.6 is 0 Å². The Bertz CT molecular complexity index is 698. The predicted molar refractivity (Wildman–Crippen MR) is 92.1 cm³/mol. The SMILES string of the molecule is CCc1cccc(C)c1NC(=O)COC(=O)COc1ccccc1. The van der Waals surface area contributed by atoms with Gasteiger partial charge in [0.05, 0.1) is 0 Å². The fraction of sp³-hybridized carbons (Fsp3) is 0.263. The molecule has 0 fully saturated rings. The van der Waals surface area contributed by atoms with E-state index in [0.717, 1.165) is 23.2 Å². The summed E-state index contributed by atoms with van der Waals surface area (Å²) in [7, 11) is 0. The van der Waals surface area contributed by atoms with Gasteiger partial charge >= 0.3 is 5.97 Å². The molecule has 0 atom stereocenters. The van der Waals surface area contributed by atoms with Gasteiger partial charge in [0.15, 0.2) is 13.2 Å². The molecule has 0 aliphatic carbocycles. The summed E-state index contributed by atoms with van der Waals surface area (Å²) in [5, 5.41) is 2.80. The smallest absolute Gasteiger partial charge is 0.344 e. The van der Waals surface area contributed by atoms with Gasteiger partial charge in [0, 0.05) is 5.69 Å². The molecule has 0 spiro atoms. The quantitative estimate of drug-likeness (QED) is 0.794. The molecule has 2 aromatic rings. The standard InChI is InChI=1S/C19H21NO4/c1-3-15-9-7-8-14(2)19(15)20-17(21)12-24-18(22)13-23-16-10-5-4-6-11-16/h4-11H,3,12-13H2,1-2H3,(H,20,21). The maximum atomic E-state index is 12.0. The summed E-state index contributed by atoms with van der Waals surface area (Å²) in [4.78, 5) is 23.6. The van der Waals surface area contributed by atoms with Crippen LogP contribution in [0, 0.1) is 6.92 Å². The van der Waals surface area contributed by atoms with E-state index in [9.17, 15) is 9.59 Å². The summed E-state index contributed by atoms with van der Waals surface area (Å²) in [6.07, 6.45) is 0.808. The molecule has 5 heteroatoms. The van der Waals surface area contributed by atoms with E-state index in [-0.39, 0.29) is 19.1 Å². The van der Waals surface area contributed by atoms with Crippen LogP contribution in [-0.4, -0.2) is 25.1 Å². The molecule has 1 N–H and O–H groups in total. The highest BCUT2D eigenvalue weighted by Crippen LogP contribution is 2.20. The fourth-order valence-electron chi connectivity index (χ4n) is 2.22. The summed E-state index contributed by atoms with van der Waals surface area (Å²) >= 11 is 0. The van der Waals surface area contributed by atoms with Gasteiger partial charge in [-0.15, -0.1) is 0 Å². The van der Waals surface area contributed by atoms with Crippen LogP contribution in [0.2, 0.25) is 0 Å². The lowest BCUT2D eigenvalue weighted by molar-refractivity contribution is -0.149. The summed E-state index contributed by atoms with van der Waals surface area (Å²) in [5.41, 5.74) is 2.80. The Hall–Kier alpha value is -2.82. The number of rotatable bonds is 7. The average Bonchev–Trinajstić information content (AvgIpc) is 2.60. The van der Waals surface area contributed by atoms with E-state index in [1.807, 2.05) is 50.2 Å². The molecule has 24 heavy (non-hydrogen) atoms. The molecule has 0 unspecified atom stereocenters. The van der Waals surface area contributed by atoms with Crippen molar-refractivity contribution < 1.29 is 19.1 Å². The number of hydrogen-bond donors (Lipinski definition) is 1. The molecule has 1 amide bonds. The summed E-state index contributed by atoms with van der Waals surface area (Å²) in [6.45, 7) is 3.37. The van der Waals surface area contributed by atoms with Crippen molar-refractivity contribution in [2.75, 3.05) is 18.5 Å². The predicted octanol–water partition coefficient (Wildman–Crippen LogP) is 3.12. The van der Waals surface area contributed by atoms with E-state index in [4.69, 9.17) is 9.47 Å². The van der Waals surface area contributed by atoms with Crippen LogP contribution in [0.25, 0.3) is 0 Å². The van der Waals surface area contributed by atoms with Crippen molar-refractivity contribution in [2.45, 2.75) is 20.3 Å². The molecule has 0 saturated heterocycles. The summed E-state index contributed by atoms with van der Waals surface area (Å²) in [6, 6.07) is 14.8. The second-order valence-corrected chi connectivity index (χ2v) is 5.27. The van der Waals surface area contributed by atoms with Crippen molar-refractivity contribution in [3.05, 3.63) is 59.7 Å². The number of aryl methyl sites for hydroxylation is 2. The first-order chi connectivity index (χ1) is 11.6. The number of carbonyl (C=O) groups is 2. The van der Waals surface area contributed by atoms with Gasteiger partial charge in [-0.3, -0.25) is 4.79 Å². The van der Waals surface area contributed by atoms with Gasteiger partial charge < -0.3 is 14.8 Å². The third-order valence-electron chi connectivity index (χ3n) is 3.47. The second kappa shape index (κ2) is 8.72. The van der Waals surface area contributed by atoms with E-state index in [1.54, 1.807) is 12.1 Å². The molecule has 0 radical (unpaired) electrons. The van der Waals surface area contributed by atoms with Gasteiger partial charge in [-0.25, -0.2) is 4.79 Å². The van der Waals surface area contributed by atoms with Crippen LogP contribution in [-0.2, 0) is 20.7 Å². The summed E-state index contributed by atoms with van der Waals surface area (Å²) in [5.74, 6) is -0.382. The largest absolute Gasteiger partial charge is 0.482 e. The molecule has 0 saturated carbocycles. The molecular weight excluding hydrogens is 306 g/mol. The fourth-order valence-corrected chi connectivity index (χ4v) is 2.22. The van der Waals surface area contributed by atoms with Gasteiger partial charge in [-0.2, -0.15) is 0 Å². The molecule has 0 bridgehead atoms. The normalized spacial score (nSPS) is 10.1. The van der Waals surface area contributed by atoms with Gasteiger partial charge in [0.2, 0.25) is 0 Å². The molecule has 5 nitrogen and oxygen atoms in total. The molecule has 0 heterocycles. The van der Waals surface area contributed by atoms with Crippen LogP contribution in [0.5, 0.6) is 5.75 Å². The van der Waals surface area contributed by atoms with Crippen molar-refractivity contribution in [1.82, 2.24) is 0 Å². The highest BCUT2D eigenvalue weighted by atomic mass is 16.6. The van der Waals surface area contributed by atoms with Crippen LogP contribution in [0.15, 0.2) is 48.5 Å². The molecule has 0 aliphatic rings. The first-order valence-electron chi connectivity index (χ1n) is 7.82. The number of anilines is 1. The minimum Gasteiger partial charge on any atom is -0.482 e. The van der Waals surface area contributed by atoms with Crippen molar-refractivity contribution in [2.24, 2.45) is 0 Å². The number of nitrogens with one attached hydrogen (secondary N) is 1. The Balaban J connectivity index is 1.80. The Labute approximate surface area is 141 Å². The Morgan fingerprint density at radius 3 is 2.46 bits per heavy atom. The number of amides is 1. The molecule has 2 aromatic carbocycles.